The van der Waals surface area contributed by atoms with E-state index in [2.05, 4.69) is 20.8 Å². The first kappa shape index (κ1) is 17.5. The van der Waals surface area contributed by atoms with Gasteiger partial charge in [-0.3, -0.25) is 4.79 Å². The van der Waals surface area contributed by atoms with Crippen molar-refractivity contribution in [1.29, 1.82) is 0 Å². The molecule has 0 heterocycles. The van der Waals surface area contributed by atoms with Crippen molar-refractivity contribution in [2.75, 3.05) is 33.0 Å². The number of nitrogen functional groups attached to an aromatic ring is 1. The number of hydrogen-bond donors (Lipinski definition) is 1. The van der Waals surface area contributed by atoms with Gasteiger partial charge in [-0.05, 0) is 29.9 Å². The lowest BCUT2D eigenvalue weighted by molar-refractivity contribution is 0.0789. The Labute approximate surface area is 128 Å². The molecule has 0 spiro atoms. The van der Waals surface area contributed by atoms with Crippen LogP contribution in [0.5, 0.6) is 0 Å². The summed E-state index contributed by atoms with van der Waals surface area (Å²) in [6.45, 7) is 7.73. The minimum Gasteiger partial charge on any atom is -0.398 e. The lowest BCUT2D eigenvalue weighted by Gasteiger charge is -2.24. The van der Waals surface area contributed by atoms with Crippen LogP contribution in [0.15, 0.2) is 18.2 Å². The number of ether oxygens (including phenoxy) is 1. The van der Waals surface area contributed by atoms with Crippen molar-refractivity contribution in [3.8, 4) is 0 Å². The largest absolute Gasteiger partial charge is 0.398 e. The molecule has 1 amide bonds. The molecule has 21 heavy (non-hydrogen) atoms. The highest BCUT2D eigenvalue weighted by molar-refractivity contribution is 5.99. The molecule has 0 aromatic heterocycles. The second kappa shape index (κ2) is 7.46. The highest BCUT2D eigenvalue weighted by Gasteiger charge is 2.22. The number of carbonyl (C=O) groups is 1. The fourth-order valence-electron chi connectivity index (χ4n) is 2.31. The number of carbonyl (C=O) groups excluding carboxylic acids is 1. The van der Waals surface area contributed by atoms with Crippen molar-refractivity contribution in [3.05, 3.63) is 29.3 Å². The van der Waals surface area contributed by atoms with Gasteiger partial charge in [-0.1, -0.05) is 32.9 Å². The third-order valence-corrected chi connectivity index (χ3v) is 3.58. The van der Waals surface area contributed by atoms with Gasteiger partial charge in [0.25, 0.3) is 5.91 Å². The van der Waals surface area contributed by atoms with Crippen LogP contribution in [-0.2, 0) is 10.2 Å². The molecular formula is C17H28N2O2. The van der Waals surface area contributed by atoms with E-state index in [9.17, 15) is 4.79 Å². The summed E-state index contributed by atoms with van der Waals surface area (Å²) < 4.78 is 5.02. The molecule has 0 aliphatic carbocycles. The van der Waals surface area contributed by atoms with Crippen LogP contribution in [-0.4, -0.2) is 38.1 Å². The molecule has 0 saturated heterocycles. The van der Waals surface area contributed by atoms with E-state index in [0.717, 1.165) is 25.0 Å². The predicted molar refractivity (Wildman–Crippen MR) is 87.6 cm³/mol. The molecule has 0 saturated carbocycles. The van der Waals surface area contributed by atoms with Gasteiger partial charge in [0.2, 0.25) is 0 Å². The number of para-hydroxylation sites is 1. The van der Waals surface area contributed by atoms with Gasteiger partial charge in [-0.2, -0.15) is 0 Å². The van der Waals surface area contributed by atoms with E-state index in [1.165, 1.54) is 0 Å². The number of nitrogens with two attached hydrogens (primary N) is 1. The van der Waals surface area contributed by atoms with Gasteiger partial charge in [-0.15, -0.1) is 0 Å². The van der Waals surface area contributed by atoms with Crippen LogP contribution in [0.1, 0.15) is 49.5 Å². The number of nitrogens with zero attached hydrogens (tertiary/aromatic N) is 1. The molecule has 0 fully saturated rings. The van der Waals surface area contributed by atoms with Crippen molar-refractivity contribution in [3.63, 3.8) is 0 Å². The summed E-state index contributed by atoms with van der Waals surface area (Å²) in [5, 5.41) is 0. The Morgan fingerprint density at radius 1 is 1.29 bits per heavy atom. The van der Waals surface area contributed by atoms with Crippen molar-refractivity contribution in [2.24, 2.45) is 0 Å². The second-order valence-electron chi connectivity index (χ2n) is 6.44. The topological polar surface area (TPSA) is 55.6 Å². The maximum Gasteiger partial charge on any atom is 0.255 e. The number of methoxy groups -OCH3 is 1. The van der Waals surface area contributed by atoms with E-state index in [-0.39, 0.29) is 11.3 Å². The fourth-order valence-corrected chi connectivity index (χ4v) is 2.31. The quantitative estimate of drug-likeness (QED) is 0.647. The number of amides is 1. The maximum atomic E-state index is 12.5. The Kier molecular flexibility index (Phi) is 6.21. The van der Waals surface area contributed by atoms with Crippen LogP contribution in [0.4, 0.5) is 5.69 Å². The zero-order chi connectivity index (χ0) is 16.0. The standard InChI is InChI=1S/C17H28N2O2/c1-17(2,3)14-10-8-9-13(15(14)18)16(20)19(4)11-6-7-12-21-5/h8-10H,6-7,11-12,18H2,1-5H3. The summed E-state index contributed by atoms with van der Waals surface area (Å²) in [5.74, 6) is -0.0176. The molecule has 0 aliphatic rings. The third-order valence-electron chi connectivity index (χ3n) is 3.58. The van der Waals surface area contributed by atoms with Gasteiger partial charge in [0.15, 0.2) is 0 Å². The van der Waals surface area contributed by atoms with Gasteiger partial charge < -0.3 is 15.4 Å². The first-order valence-corrected chi connectivity index (χ1v) is 7.42. The molecule has 1 rings (SSSR count). The minimum atomic E-state index is -0.0720. The summed E-state index contributed by atoms with van der Waals surface area (Å²) in [6.07, 6.45) is 1.88. The third kappa shape index (κ3) is 4.74. The monoisotopic (exact) mass is 292 g/mol. The molecule has 0 atom stereocenters. The molecule has 0 unspecified atom stereocenters. The molecule has 4 nitrogen and oxygen atoms in total. The first-order chi connectivity index (χ1) is 9.79. The number of hydrogen-bond acceptors (Lipinski definition) is 3. The Morgan fingerprint density at radius 3 is 2.52 bits per heavy atom. The van der Waals surface area contributed by atoms with Crippen LogP contribution < -0.4 is 5.73 Å². The van der Waals surface area contributed by atoms with E-state index in [0.29, 0.717) is 17.8 Å². The van der Waals surface area contributed by atoms with Crippen LogP contribution >= 0.6 is 0 Å². The van der Waals surface area contributed by atoms with Crippen LogP contribution in [0.3, 0.4) is 0 Å². The summed E-state index contributed by atoms with van der Waals surface area (Å²) in [4.78, 5) is 14.3. The van der Waals surface area contributed by atoms with Crippen molar-refractivity contribution < 1.29 is 9.53 Å². The Hall–Kier alpha value is -1.55. The summed E-state index contributed by atoms with van der Waals surface area (Å²) in [5.41, 5.74) is 8.35. The summed E-state index contributed by atoms with van der Waals surface area (Å²) >= 11 is 0. The lowest BCUT2D eigenvalue weighted by Crippen LogP contribution is -2.29. The van der Waals surface area contributed by atoms with Crippen LogP contribution in [0.25, 0.3) is 0 Å². The molecule has 2 N–H and O–H groups in total. The van der Waals surface area contributed by atoms with E-state index >= 15 is 0 Å². The molecular weight excluding hydrogens is 264 g/mol. The van der Waals surface area contributed by atoms with Gasteiger partial charge >= 0.3 is 0 Å². The molecule has 0 radical (unpaired) electrons. The van der Waals surface area contributed by atoms with Gasteiger partial charge in [0.05, 0.1) is 5.56 Å². The highest BCUT2D eigenvalue weighted by atomic mass is 16.5. The number of rotatable bonds is 6. The molecule has 1 aromatic carbocycles. The highest BCUT2D eigenvalue weighted by Crippen LogP contribution is 2.30. The smallest absolute Gasteiger partial charge is 0.255 e. The Balaban J connectivity index is 2.83. The number of unbranched alkanes of at least 4 members (excludes halogenated alkanes) is 1. The second-order valence-corrected chi connectivity index (χ2v) is 6.44. The van der Waals surface area contributed by atoms with E-state index in [1.54, 1.807) is 18.1 Å². The Morgan fingerprint density at radius 2 is 1.95 bits per heavy atom. The van der Waals surface area contributed by atoms with Crippen molar-refractivity contribution in [1.82, 2.24) is 4.90 Å². The van der Waals surface area contributed by atoms with Crippen LogP contribution in [0, 0.1) is 0 Å². The average Bonchev–Trinajstić information content (AvgIpc) is 2.41. The lowest BCUT2D eigenvalue weighted by atomic mass is 9.84. The number of anilines is 1. The van der Waals surface area contributed by atoms with E-state index in [4.69, 9.17) is 10.5 Å². The van der Waals surface area contributed by atoms with E-state index < -0.39 is 0 Å². The van der Waals surface area contributed by atoms with Crippen LogP contribution in [0.2, 0.25) is 0 Å². The zero-order valence-electron chi connectivity index (χ0n) is 13.9. The molecule has 0 bridgehead atoms. The van der Waals surface area contributed by atoms with Gasteiger partial charge in [0.1, 0.15) is 0 Å². The van der Waals surface area contributed by atoms with Gasteiger partial charge in [0, 0.05) is 33.0 Å². The first-order valence-electron chi connectivity index (χ1n) is 7.42. The molecule has 118 valence electrons. The minimum absolute atomic E-state index is 0.0176. The van der Waals surface area contributed by atoms with Crippen molar-refractivity contribution >= 4 is 11.6 Å². The fraction of sp³-hybridized carbons (Fsp3) is 0.588. The summed E-state index contributed by atoms with van der Waals surface area (Å²) in [6, 6.07) is 5.70. The number of benzene rings is 1. The SMILES string of the molecule is COCCCCN(C)C(=O)c1cccc(C(C)(C)C)c1N. The normalized spacial score (nSPS) is 11.5. The molecule has 1 aromatic rings. The average molecular weight is 292 g/mol. The summed E-state index contributed by atoms with van der Waals surface area (Å²) in [7, 11) is 3.51. The van der Waals surface area contributed by atoms with Gasteiger partial charge in [-0.25, -0.2) is 0 Å². The maximum absolute atomic E-state index is 12.5. The van der Waals surface area contributed by atoms with E-state index in [1.807, 2.05) is 19.2 Å². The molecule has 0 aliphatic heterocycles. The van der Waals surface area contributed by atoms with Crippen molar-refractivity contribution in [2.45, 2.75) is 39.0 Å². The predicted octanol–water partition coefficient (Wildman–Crippen LogP) is 3.06. The molecule has 4 heteroatoms. The Bertz CT molecular complexity index is 478. The zero-order valence-corrected chi connectivity index (χ0v) is 13.9.